The van der Waals surface area contributed by atoms with E-state index in [4.69, 9.17) is 47.0 Å². The van der Waals surface area contributed by atoms with Crippen LogP contribution in [0.25, 0.3) is 0 Å². The number of aryl methyl sites for hydroxylation is 2. The molecule has 2 rings (SSSR count). The molecule has 8 heteroatoms. The van der Waals surface area contributed by atoms with Gasteiger partial charge >= 0.3 is 0 Å². The summed E-state index contributed by atoms with van der Waals surface area (Å²) in [5, 5.41) is 9.01. The maximum absolute atomic E-state index is 12.5. The molecule has 4 nitrogen and oxygen atoms in total. The van der Waals surface area contributed by atoms with Crippen LogP contribution in [0.1, 0.15) is 35.3 Å². The van der Waals surface area contributed by atoms with E-state index >= 15 is 0 Å². The highest BCUT2D eigenvalue weighted by molar-refractivity contribution is 7.80. The maximum atomic E-state index is 12.5. The van der Waals surface area contributed by atoms with E-state index in [-0.39, 0.29) is 11.0 Å². The number of nitrogens with one attached hydrogen (secondary N) is 3. The highest BCUT2D eigenvalue weighted by Gasteiger charge is 2.35. The number of alkyl halides is 3. The van der Waals surface area contributed by atoms with E-state index in [0.717, 1.165) is 29.7 Å². The number of anilines is 1. The number of para-hydroxylation sites is 1. The molecule has 0 bridgehead atoms. The van der Waals surface area contributed by atoms with Crippen LogP contribution in [0.15, 0.2) is 48.5 Å². The summed E-state index contributed by atoms with van der Waals surface area (Å²) >= 11 is 23.6. The lowest BCUT2D eigenvalue weighted by atomic mass is 10.0. The van der Waals surface area contributed by atoms with Gasteiger partial charge in [-0.05, 0) is 48.3 Å². The van der Waals surface area contributed by atoms with Crippen molar-refractivity contribution in [2.24, 2.45) is 0 Å². The van der Waals surface area contributed by atoms with Gasteiger partial charge in [0.05, 0.1) is 0 Å². The molecule has 1 amide bonds. The van der Waals surface area contributed by atoms with E-state index in [2.05, 4.69) is 29.8 Å². The van der Waals surface area contributed by atoms with E-state index in [9.17, 15) is 4.79 Å². The van der Waals surface area contributed by atoms with Gasteiger partial charge in [-0.1, -0.05) is 85.0 Å². The average Bonchev–Trinajstić information content (AvgIpc) is 2.67. The number of hydrogen-bond acceptors (Lipinski definition) is 2. The number of thiocarbonyl (C=S) groups is 1. The molecule has 0 aromatic heterocycles. The van der Waals surface area contributed by atoms with Crippen LogP contribution >= 0.6 is 47.0 Å². The number of amides is 1. The number of benzene rings is 2. The Bertz CT molecular complexity index is 803. The molecule has 2 aromatic rings. The second kappa shape index (κ2) is 10.3. The van der Waals surface area contributed by atoms with Crippen LogP contribution in [0.5, 0.6) is 0 Å². The summed E-state index contributed by atoms with van der Waals surface area (Å²) in [6.07, 6.45) is 0.665. The van der Waals surface area contributed by atoms with Gasteiger partial charge in [0.2, 0.25) is 3.79 Å². The highest BCUT2D eigenvalue weighted by atomic mass is 35.6. The maximum Gasteiger partial charge on any atom is 0.252 e. The first-order valence-electron chi connectivity index (χ1n) is 8.87. The predicted molar refractivity (Wildman–Crippen MR) is 123 cm³/mol. The number of hydrogen-bond donors (Lipinski definition) is 3. The summed E-state index contributed by atoms with van der Waals surface area (Å²) in [7, 11) is 0. The van der Waals surface area contributed by atoms with Crippen LogP contribution in [-0.4, -0.2) is 21.0 Å². The topological polar surface area (TPSA) is 53.2 Å². The van der Waals surface area contributed by atoms with Gasteiger partial charge < -0.3 is 16.0 Å². The van der Waals surface area contributed by atoms with Gasteiger partial charge in [0.25, 0.3) is 5.91 Å². The normalized spacial score (nSPS) is 12.2. The Morgan fingerprint density at radius 2 is 1.54 bits per heavy atom. The first kappa shape index (κ1) is 22.8. The first-order valence-corrected chi connectivity index (χ1v) is 10.4. The summed E-state index contributed by atoms with van der Waals surface area (Å²) in [6, 6.07) is 14.8. The molecule has 0 radical (unpaired) electrons. The summed E-state index contributed by atoms with van der Waals surface area (Å²) in [5.74, 6) is -0.379. The van der Waals surface area contributed by atoms with Gasteiger partial charge in [0.1, 0.15) is 6.17 Å². The second-order valence-electron chi connectivity index (χ2n) is 6.07. The molecule has 0 fully saturated rings. The minimum atomic E-state index is -1.81. The molecule has 0 heterocycles. The van der Waals surface area contributed by atoms with Crippen molar-refractivity contribution in [2.75, 3.05) is 5.32 Å². The van der Waals surface area contributed by atoms with Gasteiger partial charge in [-0.3, -0.25) is 4.79 Å². The lowest BCUT2D eigenvalue weighted by molar-refractivity contribution is 0.0934. The largest absolute Gasteiger partial charge is 0.339 e. The fraction of sp³-hybridized carbons (Fsp3) is 0.300. The van der Waals surface area contributed by atoms with E-state index in [1.807, 2.05) is 24.3 Å². The second-order valence-corrected chi connectivity index (χ2v) is 8.85. The molecule has 0 saturated carbocycles. The fourth-order valence-corrected chi connectivity index (χ4v) is 3.23. The highest BCUT2D eigenvalue weighted by Crippen LogP contribution is 2.29. The van der Waals surface area contributed by atoms with Crippen LogP contribution in [-0.2, 0) is 12.8 Å². The van der Waals surface area contributed by atoms with Gasteiger partial charge in [-0.15, -0.1) is 0 Å². The van der Waals surface area contributed by atoms with E-state index < -0.39 is 9.96 Å². The zero-order chi connectivity index (χ0) is 20.7. The van der Waals surface area contributed by atoms with Crippen molar-refractivity contribution in [2.45, 2.75) is 36.6 Å². The first-order chi connectivity index (χ1) is 13.3. The van der Waals surface area contributed by atoms with Gasteiger partial charge in [0.15, 0.2) is 5.11 Å². The van der Waals surface area contributed by atoms with E-state index in [1.165, 1.54) is 0 Å². The molecule has 2 aromatic carbocycles. The Kier molecular flexibility index (Phi) is 8.38. The molecule has 28 heavy (non-hydrogen) atoms. The molecule has 0 spiro atoms. The van der Waals surface area contributed by atoms with Gasteiger partial charge in [-0.2, -0.15) is 0 Å². The van der Waals surface area contributed by atoms with Gasteiger partial charge in [0, 0.05) is 11.3 Å². The van der Waals surface area contributed by atoms with Crippen molar-refractivity contribution in [1.82, 2.24) is 10.6 Å². The summed E-state index contributed by atoms with van der Waals surface area (Å²) in [4.78, 5) is 12.5. The molecule has 0 saturated heterocycles. The van der Waals surface area contributed by atoms with Crippen molar-refractivity contribution in [3.8, 4) is 0 Å². The van der Waals surface area contributed by atoms with E-state index in [1.54, 1.807) is 24.3 Å². The minimum Gasteiger partial charge on any atom is -0.339 e. The van der Waals surface area contributed by atoms with E-state index in [0.29, 0.717) is 5.56 Å². The van der Waals surface area contributed by atoms with Crippen LogP contribution < -0.4 is 16.0 Å². The quantitative estimate of drug-likeness (QED) is 0.315. The molecule has 0 aliphatic rings. The standard InChI is InChI=1S/C20H22Cl3N3OS/c1-3-13-11-8-12-14(4-2)16(13)24-19(28)26-18(20(21,22)23)25-17(27)15-9-6-5-7-10-15/h5-12,18H,3-4H2,1-2H3,(H,25,27)(H2,24,26,28). The Balaban J connectivity index is 2.15. The van der Waals surface area contributed by atoms with Crippen molar-refractivity contribution in [1.29, 1.82) is 0 Å². The van der Waals surface area contributed by atoms with Crippen LogP contribution in [0.2, 0.25) is 0 Å². The smallest absolute Gasteiger partial charge is 0.252 e. The lowest BCUT2D eigenvalue weighted by Crippen LogP contribution is -2.56. The zero-order valence-corrected chi connectivity index (χ0v) is 18.6. The zero-order valence-electron chi connectivity index (χ0n) is 15.6. The predicted octanol–water partition coefficient (Wildman–Crippen LogP) is 5.22. The molecule has 0 aliphatic heterocycles. The molecular weight excluding hydrogens is 437 g/mol. The molecule has 3 N–H and O–H groups in total. The SMILES string of the molecule is CCc1cccc(CC)c1NC(=S)NC(NC(=O)c1ccccc1)C(Cl)(Cl)Cl. The van der Waals surface area contributed by atoms with Crippen LogP contribution in [0.3, 0.4) is 0 Å². The fourth-order valence-electron chi connectivity index (χ4n) is 2.69. The van der Waals surface area contributed by atoms with Crippen LogP contribution in [0, 0.1) is 0 Å². The Morgan fingerprint density at radius 1 is 0.964 bits per heavy atom. The summed E-state index contributed by atoms with van der Waals surface area (Å²) in [5.41, 5.74) is 3.64. The average molecular weight is 459 g/mol. The molecule has 0 aliphatic carbocycles. The number of halogens is 3. The summed E-state index contributed by atoms with van der Waals surface area (Å²) in [6.45, 7) is 4.14. The number of carbonyl (C=O) groups is 1. The van der Waals surface area contributed by atoms with Crippen molar-refractivity contribution in [3.63, 3.8) is 0 Å². The Hall–Kier alpha value is -1.53. The lowest BCUT2D eigenvalue weighted by Gasteiger charge is -2.28. The third-order valence-corrected chi connectivity index (χ3v) is 5.03. The molecule has 1 unspecified atom stereocenters. The monoisotopic (exact) mass is 457 g/mol. The van der Waals surface area contributed by atoms with Crippen molar-refractivity contribution < 1.29 is 4.79 Å². The Morgan fingerprint density at radius 3 is 2.04 bits per heavy atom. The third-order valence-electron chi connectivity index (χ3n) is 4.15. The van der Waals surface area contributed by atoms with Crippen molar-refractivity contribution >= 4 is 63.7 Å². The van der Waals surface area contributed by atoms with Gasteiger partial charge in [-0.25, -0.2) is 0 Å². The molecule has 150 valence electrons. The third kappa shape index (κ3) is 6.24. The van der Waals surface area contributed by atoms with Crippen LogP contribution in [0.4, 0.5) is 5.69 Å². The molecular formula is C20H22Cl3N3OS. The van der Waals surface area contributed by atoms with Crippen molar-refractivity contribution in [3.05, 3.63) is 65.2 Å². The molecule has 1 atom stereocenters. The number of rotatable bonds is 6. The number of carbonyl (C=O) groups excluding carboxylic acids is 1. The Labute approximate surface area is 185 Å². The minimum absolute atomic E-state index is 0.250. The summed E-state index contributed by atoms with van der Waals surface area (Å²) < 4.78 is -1.81.